The van der Waals surface area contributed by atoms with Crippen molar-refractivity contribution in [1.29, 1.82) is 0 Å². The highest BCUT2D eigenvalue weighted by atomic mass is 19.4. The molecule has 1 fully saturated rings. The van der Waals surface area contributed by atoms with Crippen molar-refractivity contribution in [2.75, 3.05) is 32.8 Å². The van der Waals surface area contributed by atoms with E-state index in [4.69, 9.17) is 4.74 Å². The van der Waals surface area contributed by atoms with Gasteiger partial charge in [0.25, 0.3) is 0 Å². The quantitative estimate of drug-likeness (QED) is 0.780. The van der Waals surface area contributed by atoms with Crippen LogP contribution >= 0.6 is 0 Å². The van der Waals surface area contributed by atoms with E-state index in [0.29, 0.717) is 5.56 Å². The molecule has 2 aromatic carbocycles. The topological polar surface area (TPSA) is 12.5 Å². The van der Waals surface area contributed by atoms with E-state index >= 15 is 0 Å². The predicted octanol–water partition coefficient (Wildman–Crippen LogP) is 4.64. The number of rotatable bonds is 5. The molecule has 0 spiro atoms. The first-order valence-electron chi connectivity index (χ1n) is 8.59. The van der Waals surface area contributed by atoms with E-state index in [1.807, 2.05) is 24.3 Å². The minimum atomic E-state index is -4.31. The lowest BCUT2D eigenvalue weighted by atomic mass is 9.99. The molecule has 0 N–H and O–H groups in total. The number of alkyl halides is 3. The first-order chi connectivity index (χ1) is 12.0. The number of hydrogen-bond acceptors (Lipinski definition) is 2. The SMILES string of the molecule is FC(F)(F)c1cccc(-c2cccc(CCCN3CCOCC3)c2)c1. The van der Waals surface area contributed by atoms with Crippen LogP contribution in [0.4, 0.5) is 13.2 Å². The second-order valence-corrected chi connectivity index (χ2v) is 6.34. The average Bonchev–Trinajstić information content (AvgIpc) is 2.62. The smallest absolute Gasteiger partial charge is 0.379 e. The fourth-order valence-electron chi connectivity index (χ4n) is 3.11. The lowest BCUT2D eigenvalue weighted by molar-refractivity contribution is -0.137. The van der Waals surface area contributed by atoms with Crippen LogP contribution in [0.1, 0.15) is 17.5 Å². The Morgan fingerprint density at radius 3 is 2.32 bits per heavy atom. The normalized spacial score (nSPS) is 16.1. The molecule has 0 saturated carbocycles. The third-order valence-corrected chi connectivity index (χ3v) is 4.49. The van der Waals surface area contributed by atoms with Gasteiger partial charge in [-0.25, -0.2) is 0 Å². The number of halogens is 3. The summed E-state index contributed by atoms with van der Waals surface area (Å²) in [6.07, 6.45) is -2.36. The molecule has 1 heterocycles. The fourth-order valence-corrected chi connectivity index (χ4v) is 3.11. The van der Waals surface area contributed by atoms with E-state index in [0.717, 1.165) is 62.9 Å². The molecule has 1 saturated heterocycles. The Labute approximate surface area is 146 Å². The highest BCUT2D eigenvalue weighted by Crippen LogP contribution is 2.32. The molecular weight excluding hydrogens is 327 g/mol. The van der Waals surface area contributed by atoms with Crippen LogP contribution in [0.3, 0.4) is 0 Å². The summed E-state index contributed by atoms with van der Waals surface area (Å²) >= 11 is 0. The van der Waals surface area contributed by atoms with Crippen molar-refractivity contribution in [3.8, 4) is 11.1 Å². The second-order valence-electron chi connectivity index (χ2n) is 6.34. The lowest BCUT2D eigenvalue weighted by Crippen LogP contribution is -2.36. The van der Waals surface area contributed by atoms with Gasteiger partial charge in [0.05, 0.1) is 18.8 Å². The van der Waals surface area contributed by atoms with Crippen LogP contribution in [0.15, 0.2) is 48.5 Å². The van der Waals surface area contributed by atoms with Crippen LogP contribution in [-0.2, 0) is 17.3 Å². The molecule has 1 aliphatic rings. The summed E-state index contributed by atoms with van der Waals surface area (Å²) in [6.45, 7) is 4.57. The summed E-state index contributed by atoms with van der Waals surface area (Å²) < 4.78 is 44.0. The molecule has 0 amide bonds. The zero-order valence-electron chi connectivity index (χ0n) is 14.1. The summed E-state index contributed by atoms with van der Waals surface area (Å²) in [6, 6.07) is 13.3. The summed E-state index contributed by atoms with van der Waals surface area (Å²) in [5.41, 5.74) is 1.98. The monoisotopic (exact) mass is 349 g/mol. The van der Waals surface area contributed by atoms with E-state index in [9.17, 15) is 13.2 Å². The fraction of sp³-hybridized carbons (Fsp3) is 0.400. The van der Waals surface area contributed by atoms with Crippen LogP contribution in [0.5, 0.6) is 0 Å². The van der Waals surface area contributed by atoms with Crippen molar-refractivity contribution in [2.45, 2.75) is 19.0 Å². The van der Waals surface area contributed by atoms with Crippen molar-refractivity contribution < 1.29 is 17.9 Å². The molecule has 5 heteroatoms. The Kier molecular flexibility index (Phi) is 5.76. The van der Waals surface area contributed by atoms with Gasteiger partial charge >= 0.3 is 6.18 Å². The largest absolute Gasteiger partial charge is 0.416 e. The summed E-state index contributed by atoms with van der Waals surface area (Å²) in [7, 11) is 0. The van der Waals surface area contributed by atoms with Crippen molar-refractivity contribution in [3.05, 3.63) is 59.7 Å². The molecule has 0 aromatic heterocycles. The molecule has 0 aliphatic carbocycles. The van der Waals surface area contributed by atoms with Crippen LogP contribution < -0.4 is 0 Å². The van der Waals surface area contributed by atoms with Gasteiger partial charge in [-0.2, -0.15) is 13.2 Å². The molecule has 25 heavy (non-hydrogen) atoms. The molecule has 0 radical (unpaired) electrons. The number of nitrogens with zero attached hydrogens (tertiary/aromatic N) is 1. The Hall–Kier alpha value is -1.85. The molecule has 2 aromatic rings. The van der Waals surface area contributed by atoms with Crippen molar-refractivity contribution in [1.82, 2.24) is 4.90 Å². The van der Waals surface area contributed by atoms with E-state index in [2.05, 4.69) is 4.90 Å². The maximum absolute atomic E-state index is 12.9. The van der Waals surface area contributed by atoms with E-state index in [-0.39, 0.29) is 0 Å². The van der Waals surface area contributed by atoms with E-state index in [1.54, 1.807) is 6.07 Å². The van der Waals surface area contributed by atoms with Crippen molar-refractivity contribution >= 4 is 0 Å². The summed E-state index contributed by atoms with van der Waals surface area (Å²) in [5.74, 6) is 0. The summed E-state index contributed by atoms with van der Waals surface area (Å²) in [4.78, 5) is 2.39. The van der Waals surface area contributed by atoms with Gasteiger partial charge in [-0.3, -0.25) is 4.90 Å². The molecule has 0 atom stereocenters. The molecule has 2 nitrogen and oxygen atoms in total. The average molecular weight is 349 g/mol. The van der Waals surface area contributed by atoms with Crippen molar-refractivity contribution in [3.63, 3.8) is 0 Å². The van der Waals surface area contributed by atoms with Gasteiger partial charge in [0.15, 0.2) is 0 Å². The van der Waals surface area contributed by atoms with Gasteiger partial charge in [-0.15, -0.1) is 0 Å². The van der Waals surface area contributed by atoms with Gasteiger partial charge in [0.2, 0.25) is 0 Å². The second kappa shape index (κ2) is 8.02. The Morgan fingerprint density at radius 1 is 0.920 bits per heavy atom. The Morgan fingerprint density at radius 2 is 1.60 bits per heavy atom. The van der Waals surface area contributed by atoms with Gasteiger partial charge in [-0.05, 0) is 48.2 Å². The van der Waals surface area contributed by atoms with Gasteiger partial charge in [-0.1, -0.05) is 36.4 Å². The number of benzene rings is 2. The highest BCUT2D eigenvalue weighted by Gasteiger charge is 2.30. The number of ether oxygens (including phenoxy) is 1. The van der Waals surface area contributed by atoms with Gasteiger partial charge < -0.3 is 4.74 Å². The minimum absolute atomic E-state index is 0.602. The molecule has 134 valence electrons. The summed E-state index contributed by atoms with van der Waals surface area (Å²) in [5, 5.41) is 0. The standard InChI is InChI=1S/C20H22F3NO/c21-20(22,23)19-8-2-7-18(15-19)17-6-1-4-16(14-17)5-3-9-24-10-12-25-13-11-24/h1-2,4,6-8,14-15H,3,5,9-13H2. The molecule has 1 aliphatic heterocycles. The molecule has 0 bridgehead atoms. The first-order valence-corrected chi connectivity index (χ1v) is 8.59. The Balaban J connectivity index is 1.65. The van der Waals surface area contributed by atoms with E-state index < -0.39 is 11.7 Å². The Bertz CT molecular complexity index is 693. The molecule has 3 rings (SSSR count). The zero-order valence-corrected chi connectivity index (χ0v) is 14.1. The van der Waals surface area contributed by atoms with Crippen LogP contribution in [0.2, 0.25) is 0 Å². The van der Waals surface area contributed by atoms with Crippen LogP contribution in [0.25, 0.3) is 11.1 Å². The maximum Gasteiger partial charge on any atom is 0.416 e. The van der Waals surface area contributed by atoms with E-state index in [1.165, 1.54) is 12.1 Å². The zero-order chi connectivity index (χ0) is 17.7. The maximum atomic E-state index is 12.9. The van der Waals surface area contributed by atoms with Gasteiger partial charge in [0, 0.05) is 13.1 Å². The van der Waals surface area contributed by atoms with Crippen LogP contribution in [0, 0.1) is 0 Å². The number of aryl methyl sites for hydroxylation is 1. The first kappa shape index (κ1) is 18.0. The van der Waals surface area contributed by atoms with Crippen LogP contribution in [-0.4, -0.2) is 37.7 Å². The minimum Gasteiger partial charge on any atom is -0.379 e. The highest BCUT2D eigenvalue weighted by molar-refractivity contribution is 5.65. The van der Waals surface area contributed by atoms with Gasteiger partial charge in [0.1, 0.15) is 0 Å². The third-order valence-electron chi connectivity index (χ3n) is 4.49. The molecule has 0 unspecified atom stereocenters. The third kappa shape index (κ3) is 5.06. The lowest BCUT2D eigenvalue weighted by Gasteiger charge is -2.26. The number of morpholine rings is 1. The van der Waals surface area contributed by atoms with Crippen molar-refractivity contribution in [2.24, 2.45) is 0 Å². The molecular formula is C20H22F3NO. The predicted molar refractivity (Wildman–Crippen MR) is 92.5 cm³/mol. The number of hydrogen-bond donors (Lipinski definition) is 0.